The van der Waals surface area contributed by atoms with Crippen LogP contribution in [-0.2, 0) is 18.8 Å². The largest absolute Gasteiger partial charge is 0.472 e. The van der Waals surface area contributed by atoms with Crippen molar-refractivity contribution in [3.63, 3.8) is 0 Å². The van der Waals surface area contributed by atoms with E-state index in [2.05, 4.69) is 15.5 Å². The minimum absolute atomic E-state index is 0.207. The Kier molecular flexibility index (Phi) is 7.84. The third-order valence-corrected chi connectivity index (χ3v) is 5.68. The molecule has 2 rings (SSSR count). The van der Waals surface area contributed by atoms with Crippen LogP contribution in [0.15, 0.2) is 0 Å². The van der Waals surface area contributed by atoms with E-state index in [1.165, 1.54) is 0 Å². The molecule has 0 aliphatic carbocycles. The van der Waals surface area contributed by atoms with Crippen molar-refractivity contribution in [2.24, 2.45) is 0 Å². The summed E-state index contributed by atoms with van der Waals surface area (Å²) in [6, 6.07) is -0.415. The average molecular weight is 455 g/mol. The van der Waals surface area contributed by atoms with Crippen molar-refractivity contribution in [2.75, 3.05) is 19.5 Å². The second kappa shape index (κ2) is 9.39. The van der Waals surface area contributed by atoms with E-state index in [4.69, 9.17) is 18.8 Å². The van der Waals surface area contributed by atoms with Crippen LogP contribution >= 0.6 is 0 Å². The molecule has 2 saturated heterocycles. The van der Waals surface area contributed by atoms with Crippen LogP contribution in [0.5, 0.6) is 0 Å². The molecule has 2 N–H and O–H groups in total. The zero-order valence-corrected chi connectivity index (χ0v) is 21.5. The van der Waals surface area contributed by atoms with Gasteiger partial charge in [0.2, 0.25) is 0 Å². The fourth-order valence-corrected chi connectivity index (χ4v) is 3.75. The summed E-state index contributed by atoms with van der Waals surface area (Å²) >= 11 is 0. The third-order valence-electron chi connectivity index (χ3n) is 5.68. The molecule has 10 heteroatoms. The van der Waals surface area contributed by atoms with Crippen LogP contribution in [-0.4, -0.2) is 78.2 Å². The molecule has 0 aromatic rings. The number of ether oxygens (including phenoxy) is 2. The van der Waals surface area contributed by atoms with E-state index in [9.17, 15) is 9.59 Å². The molecule has 0 saturated carbocycles. The van der Waals surface area contributed by atoms with Crippen molar-refractivity contribution < 1.29 is 28.4 Å². The Labute approximate surface area is 193 Å². The fourth-order valence-electron chi connectivity index (χ4n) is 3.75. The quantitative estimate of drug-likeness (QED) is 0.629. The monoisotopic (exact) mass is 455 g/mol. The van der Waals surface area contributed by atoms with E-state index >= 15 is 0 Å². The molecule has 2 heterocycles. The van der Waals surface area contributed by atoms with E-state index in [0.29, 0.717) is 26.0 Å². The number of hydrogen-bond donors (Lipinski definition) is 2. The van der Waals surface area contributed by atoms with E-state index in [0.717, 1.165) is 0 Å². The second-order valence-corrected chi connectivity index (χ2v) is 11.8. The van der Waals surface area contributed by atoms with Gasteiger partial charge in [-0.1, -0.05) is 0 Å². The Bertz CT molecular complexity index is 632. The lowest BCUT2D eigenvalue weighted by molar-refractivity contribution is 0.00578. The molecule has 2 fully saturated rings. The predicted octanol–water partition coefficient (Wildman–Crippen LogP) is 3.11. The summed E-state index contributed by atoms with van der Waals surface area (Å²) in [5.41, 5.74) is -2.02. The van der Waals surface area contributed by atoms with Gasteiger partial charge >= 0.3 is 19.3 Å². The van der Waals surface area contributed by atoms with Crippen LogP contribution in [0.4, 0.5) is 9.59 Å². The molecule has 0 aromatic carbocycles. The highest BCUT2D eigenvalue weighted by Gasteiger charge is 2.51. The number of likely N-dealkylation sites (tertiary alicyclic amines) is 1. The van der Waals surface area contributed by atoms with Crippen LogP contribution in [0.3, 0.4) is 0 Å². The van der Waals surface area contributed by atoms with Crippen molar-refractivity contribution >= 4 is 19.3 Å². The molecular weight excluding hydrogens is 413 g/mol. The maximum atomic E-state index is 12.4. The average Bonchev–Trinajstić information content (AvgIpc) is 2.69. The van der Waals surface area contributed by atoms with Gasteiger partial charge in [-0.3, -0.25) is 0 Å². The summed E-state index contributed by atoms with van der Waals surface area (Å²) < 4.78 is 23.1. The third kappa shape index (κ3) is 8.12. The molecule has 2 amide bonds. The fraction of sp³-hybridized carbons (Fsp3) is 0.909. The van der Waals surface area contributed by atoms with Gasteiger partial charge in [-0.2, -0.15) is 0 Å². The van der Waals surface area contributed by atoms with Crippen LogP contribution in [0.25, 0.3) is 0 Å². The molecule has 0 bridgehead atoms. The maximum absolute atomic E-state index is 12.4. The lowest BCUT2D eigenvalue weighted by atomic mass is 9.87. The standard InChI is InChI=1S/C22H42BN3O6/c1-19(2,3)29-17(27)24-15-11-16(25-18(28)30-20(4,5)6)13-26(12-15)14-23-31-21(7,8)22(9,10)32-23/h15-16H,11-14H2,1-10H3,(H,24,27)(H,25,28)/t15-,16+. The number of hydrogen-bond acceptors (Lipinski definition) is 7. The van der Waals surface area contributed by atoms with Crippen molar-refractivity contribution in [2.45, 2.75) is 110 Å². The van der Waals surface area contributed by atoms with E-state index in [-0.39, 0.29) is 12.1 Å². The Hall–Kier alpha value is -1.52. The molecule has 0 spiro atoms. The van der Waals surface area contributed by atoms with Gasteiger partial charge in [0.05, 0.1) is 11.2 Å². The molecule has 2 aliphatic rings. The molecular formula is C22H42BN3O6. The van der Waals surface area contributed by atoms with Gasteiger partial charge in [-0.25, -0.2) is 9.59 Å². The van der Waals surface area contributed by atoms with Gasteiger partial charge in [0, 0.05) is 31.6 Å². The number of carbonyl (C=O) groups excluding carboxylic acids is 2. The number of carbonyl (C=O) groups is 2. The smallest absolute Gasteiger partial charge is 0.444 e. The lowest BCUT2D eigenvalue weighted by Gasteiger charge is -2.38. The number of piperidine rings is 1. The molecule has 2 atom stereocenters. The Morgan fingerprint density at radius 3 is 1.59 bits per heavy atom. The number of rotatable bonds is 4. The molecule has 0 unspecified atom stereocenters. The molecule has 2 aliphatic heterocycles. The second-order valence-electron chi connectivity index (χ2n) is 11.8. The molecule has 9 nitrogen and oxygen atoms in total. The number of amides is 2. The van der Waals surface area contributed by atoms with Gasteiger partial charge in [0.15, 0.2) is 0 Å². The Morgan fingerprint density at radius 1 is 0.875 bits per heavy atom. The first-order chi connectivity index (χ1) is 14.4. The zero-order valence-electron chi connectivity index (χ0n) is 21.5. The van der Waals surface area contributed by atoms with E-state index in [1.807, 2.05) is 69.2 Å². The van der Waals surface area contributed by atoms with Crippen molar-refractivity contribution in [3.8, 4) is 0 Å². The van der Waals surface area contributed by atoms with Crippen molar-refractivity contribution in [3.05, 3.63) is 0 Å². The lowest BCUT2D eigenvalue weighted by Crippen LogP contribution is -2.59. The molecule has 184 valence electrons. The predicted molar refractivity (Wildman–Crippen MR) is 123 cm³/mol. The molecule has 32 heavy (non-hydrogen) atoms. The van der Waals surface area contributed by atoms with Gasteiger partial charge in [0.1, 0.15) is 11.2 Å². The highest BCUT2D eigenvalue weighted by molar-refractivity contribution is 6.45. The number of nitrogens with zero attached hydrogens (tertiary/aromatic N) is 1. The summed E-state index contributed by atoms with van der Waals surface area (Å²) in [4.78, 5) is 26.8. The first kappa shape index (κ1) is 26.7. The molecule has 0 radical (unpaired) electrons. The highest BCUT2D eigenvalue weighted by Crippen LogP contribution is 2.37. The van der Waals surface area contributed by atoms with Crippen LogP contribution < -0.4 is 10.6 Å². The topological polar surface area (TPSA) is 98.4 Å². The minimum Gasteiger partial charge on any atom is -0.444 e. The van der Waals surface area contributed by atoms with Crippen LogP contribution in [0.2, 0.25) is 0 Å². The van der Waals surface area contributed by atoms with E-state index < -0.39 is 41.7 Å². The molecule has 0 aromatic heterocycles. The van der Waals surface area contributed by atoms with Crippen LogP contribution in [0.1, 0.15) is 75.7 Å². The van der Waals surface area contributed by atoms with Gasteiger partial charge < -0.3 is 34.3 Å². The summed E-state index contributed by atoms with van der Waals surface area (Å²) in [7, 11) is -0.401. The Morgan fingerprint density at radius 2 is 1.25 bits per heavy atom. The summed E-state index contributed by atoms with van der Waals surface area (Å²) in [6.45, 7) is 20.2. The first-order valence-corrected chi connectivity index (χ1v) is 11.4. The Balaban J connectivity index is 2.06. The van der Waals surface area contributed by atoms with Crippen LogP contribution in [0, 0.1) is 0 Å². The summed E-state index contributed by atoms with van der Waals surface area (Å²) in [5, 5.41) is 5.88. The first-order valence-electron chi connectivity index (χ1n) is 11.4. The maximum Gasteiger partial charge on any atom is 0.472 e. The highest BCUT2D eigenvalue weighted by atomic mass is 16.7. The van der Waals surface area contributed by atoms with Crippen molar-refractivity contribution in [1.82, 2.24) is 15.5 Å². The van der Waals surface area contributed by atoms with Gasteiger partial charge in [-0.05, 0) is 75.7 Å². The zero-order chi connectivity index (χ0) is 24.5. The summed E-state index contributed by atoms with van der Waals surface area (Å²) in [5.74, 6) is 0. The van der Waals surface area contributed by atoms with Gasteiger partial charge in [0.25, 0.3) is 0 Å². The SMILES string of the molecule is CC(C)(C)OC(=O)N[C@@H]1C[C@H](NC(=O)OC(C)(C)C)CN(CB2OC(C)(C)C(C)(C)O2)C1. The minimum atomic E-state index is -0.588. The van der Waals surface area contributed by atoms with E-state index in [1.54, 1.807) is 0 Å². The van der Waals surface area contributed by atoms with Gasteiger partial charge in [-0.15, -0.1) is 0 Å². The van der Waals surface area contributed by atoms with Crippen molar-refractivity contribution in [1.29, 1.82) is 0 Å². The normalized spacial score (nSPS) is 25.9. The summed E-state index contributed by atoms with van der Waals surface area (Å²) in [6.07, 6.45) is 0.136. The number of alkyl carbamates (subject to hydrolysis) is 2. The number of nitrogens with one attached hydrogen (secondary N) is 2.